The van der Waals surface area contributed by atoms with Gasteiger partial charge in [0.05, 0.1) is 50.5 Å². The third kappa shape index (κ3) is 25.5. The Balaban J connectivity index is 2.03. The van der Waals surface area contributed by atoms with Crippen LogP contribution < -0.4 is 21.3 Å². The average molecular weight is 1470 g/mol. The monoisotopic (exact) mass is 1460 g/mol. The topological polar surface area (TPSA) is 332 Å². The second-order valence-electron chi connectivity index (χ2n) is 30.1. The molecule has 27 nitrogen and oxygen atoms in total. The number of likely N-dealkylation sites (tertiary alicyclic amines) is 1. The zero-order chi connectivity index (χ0) is 77.6. The third-order valence-electron chi connectivity index (χ3n) is 19.6. The van der Waals surface area contributed by atoms with E-state index in [2.05, 4.69) is 21.3 Å². The molecule has 2 fully saturated rings. The van der Waals surface area contributed by atoms with Gasteiger partial charge in [0.25, 0.3) is 0 Å². The second-order valence-corrected chi connectivity index (χ2v) is 30.5. The van der Waals surface area contributed by atoms with Crippen LogP contribution in [-0.2, 0) is 70.3 Å². The van der Waals surface area contributed by atoms with Gasteiger partial charge in [-0.15, -0.1) is 0 Å². The summed E-state index contributed by atoms with van der Waals surface area (Å²) in [6.07, 6.45) is -2.46. The quantitative estimate of drug-likeness (QED) is 0.106. The first-order valence-electron chi connectivity index (χ1n) is 36.4. The van der Waals surface area contributed by atoms with Crippen molar-refractivity contribution in [3.63, 3.8) is 0 Å². The largest absolute Gasteiger partial charge is 0.391 e. The highest BCUT2D eigenvalue weighted by molar-refractivity contribution is 6.30. The van der Waals surface area contributed by atoms with Crippen molar-refractivity contribution >= 4 is 76.6 Å². The molecule has 0 aliphatic carbocycles. The van der Waals surface area contributed by atoms with Crippen molar-refractivity contribution in [3.05, 3.63) is 70.7 Å². The SMILES string of the molecule is CC[C@H](C)[C@H]1C(=O)N[C@@H]([C@@H](C)O)C(=O)N(C)CC(=O)N(C)[C@@H](CC(C)C)C(=O)N[C@H](C(=O)N2CCCCC2)CC(=O)N(C)[C@@H](C(C)C)C(=O)N[C@@H](COC[C@@H](C)O)C(O)N(C)[C@@H](CC(C)C)C(=O)N(C)[C@@H](Cc2cccc(Cl)c2)C(=O)N[C@@H](CC(C)C)C(=O)N(C)[C@@H](Cc2ccccc2)C(=O)N1C. The molecule has 2 aliphatic heterocycles. The van der Waals surface area contributed by atoms with Crippen LogP contribution in [0.4, 0.5) is 0 Å². The number of nitrogens with one attached hydrogen (secondary N) is 4. The number of benzene rings is 2. The number of aliphatic hydroxyl groups excluding tert-OH is 3. The molecular weight excluding hydrogens is 1340 g/mol. The molecule has 0 bridgehead atoms. The van der Waals surface area contributed by atoms with E-state index in [1.807, 2.05) is 41.5 Å². The average Bonchev–Trinajstić information content (AvgIpc) is 0.815. The summed E-state index contributed by atoms with van der Waals surface area (Å²) in [5.74, 6) is -10.1. The minimum atomic E-state index is -1.74. The number of carbonyl (C=O) groups is 11. The van der Waals surface area contributed by atoms with Crippen LogP contribution in [0.15, 0.2) is 54.6 Å². The molecule has 0 radical (unpaired) electrons. The Morgan fingerprint density at radius 1 is 0.563 bits per heavy atom. The fourth-order valence-electron chi connectivity index (χ4n) is 13.4. The van der Waals surface area contributed by atoms with Crippen LogP contribution in [0.3, 0.4) is 0 Å². The molecule has 578 valence electrons. The highest BCUT2D eigenvalue weighted by Crippen LogP contribution is 2.26. The van der Waals surface area contributed by atoms with E-state index in [1.165, 1.54) is 82.8 Å². The smallest absolute Gasteiger partial charge is 0.248 e. The van der Waals surface area contributed by atoms with Gasteiger partial charge in [0.15, 0.2) is 0 Å². The van der Waals surface area contributed by atoms with Crippen LogP contribution in [0.5, 0.6) is 0 Å². The van der Waals surface area contributed by atoms with Gasteiger partial charge in [-0.25, -0.2) is 0 Å². The van der Waals surface area contributed by atoms with Crippen LogP contribution in [0.2, 0.25) is 5.02 Å². The van der Waals surface area contributed by atoms with E-state index in [-0.39, 0.29) is 56.5 Å². The number of amides is 11. The van der Waals surface area contributed by atoms with E-state index in [4.69, 9.17) is 16.3 Å². The van der Waals surface area contributed by atoms with Gasteiger partial charge in [0, 0.05) is 73.2 Å². The predicted octanol–water partition coefficient (Wildman–Crippen LogP) is 3.31. The Hall–Kier alpha value is -7.30. The number of aliphatic hydroxyl groups is 3. The van der Waals surface area contributed by atoms with Crippen molar-refractivity contribution in [3.8, 4) is 0 Å². The van der Waals surface area contributed by atoms with Crippen molar-refractivity contribution in [2.75, 3.05) is 82.2 Å². The Labute approximate surface area is 615 Å². The Kier molecular flexibility index (Phi) is 35.4. The van der Waals surface area contributed by atoms with Crippen molar-refractivity contribution in [1.82, 2.24) is 60.5 Å². The first-order chi connectivity index (χ1) is 48.2. The number of halogens is 1. The number of hydrogen-bond donors (Lipinski definition) is 7. The van der Waals surface area contributed by atoms with Crippen LogP contribution in [-0.4, -0.2) is 281 Å². The molecular formula is C75H121ClN12O15. The molecule has 103 heavy (non-hydrogen) atoms. The molecule has 2 aliphatic rings. The summed E-state index contributed by atoms with van der Waals surface area (Å²) in [6.45, 7) is 20.1. The van der Waals surface area contributed by atoms with Crippen LogP contribution in [0.1, 0.15) is 146 Å². The van der Waals surface area contributed by atoms with E-state index in [0.29, 0.717) is 48.5 Å². The first kappa shape index (κ1) is 88.1. The number of carbonyl (C=O) groups excluding carboxylic acids is 11. The molecule has 14 atom stereocenters. The lowest BCUT2D eigenvalue weighted by molar-refractivity contribution is -0.152. The molecule has 28 heteroatoms. The molecule has 0 aromatic heterocycles. The Morgan fingerprint density at radius 3 is 1.66 bits per heavy atom. The minimum Gasteiger partial charge on any atom is -0.391 e. The summed E-state index contributed by atoms with van der Waals surface area (Å²) < 4.78 is 5.90. The second kappa shape index (κ2) is 41.4. The summed E-state index contributed by atoms with van der Waals surface area (Å²) in [6, 6.07) is 1.82. The highest BCUT2D eigenvalue weighted by Gasteiger charge is 2.45. The zero-order valence-electron chi connectivity index (χ0n) is 64.4. The van der Waals surface area contributed by atoms with Crippen LogP contribution in [0, 0.1) is 29.6 Å². The standard InChI is InChI=1S/C75H121ClN12O15/c1-20-48(10)65-69(96)80-63(50(12)90)75(102)81(13)41-62(92)82(14)57(35-45(4)5)66(93)78-55(72(99)88-32-25-22-26-33-88)40-61(91)86(18)64(47(8)9)68(95)79-56(43-103-42-49(11)89)71(98)84(16)59(36-46(6)7)73(100)83(15)58(39-52-30-27-31-53(76)37-52)67(94)77-54(34-44(2)3)70(97)85(17)60(74(101)87(65)19)38-51-28-23-21-24-29-51/h21,23-24,27-31,37,44-50,54-60,63-65,71,89-90,98H,20,22,25-26,32-36,38-43H2,1-19H3,(H,77,94)(H,78,93)(H,79,95)(H,80,96)/t48-,49+,50+,54-,55-,56-,57-,58-,59-,60-,63-,64-,65-,71?/m0/s1. The lowest BCUT2D eigenvalue weighted by Gasteiger charge is -2.40. The van der Waals surface area contributed by atoms with Crippen LogP contribution in [0.25, 0.3) is 0 Å². The molecule has 11 amide bonds. The van der Waals surface area contributed by atoms with E-state index in [1.54, 1.807) is 87.2 Å². The number of nitrogens with zero attached hydrogens (tertiary/aromatic N) is 8. The fraction of sp³-hybridized carbons (Fsp3) is 0.693. The summed E-state index contributed by atoms with van der Waals surface area (Å²) in [5, 5.41) is 46.0. The Bertz CT molecular complexity index is 3150. The van der Waals surface area contributed by atoms with E-state index in [0.717, 1.165) is 21.1 Å². The predicted molar refractivity (Wildman–Crippen MR) is 393 cm³/mol. The van der Waals surface area contributed by atoms with Gasteiger partial charge >= 0.3 is 0 Å². The number of rotatable bonds is 19. The van der Waals surface area contributed by atoms with Gasteiger partial charge < -0.3 is 75.6 Å². The van der Waals surface area contributed by atoms with Crippen molar-refractivity contribution in [2.45, 2.75) is 226 Å². The molecule has 4 rings (SSSR count). The lowest BCUT2D eigenvalue weighted by atomic mass is 9.94. The molecule has 2 saturated heterocycles. The summed E-state index contributed by atoms with van der Waals surface area (Å²) >= 11 is 6.55. The highest BCUT2D eigenvalue weighted by atomic mass is 35.5. The Morgan fingerprint density at radius 2 is 1.11 bits per heavy atom. The van der Waals surface area contributed by atoms with E-state index >= 15 is 24.0 Å². The lowest BCUT2D eigenvalue weighted by Crippen LogP contribution is -2.63. The molecule has 0 saturated carbocycles. The van der Waals surface area contributed by atoms with Crippen molar-refractivity contribution in [1.29, 1.82) is 0 Å². The first-order valence-corrected chi connectivity index (χ1v) is 36.8. The normalized spacial score (nSPS) is 26.2. The summed E-state index contributed by atoms with van der Waals surface area (Å²) in [5.41, 5.74) is 1.18. The molecule has 2 aromatic carbocycles. The third-order valence-corrected chi connectivity index (χ3v) is 19.8. The minimum absolute atomic E-state index is 0.0467. The van der Waals surface area contributed by atoms with Crippen molar-refractivity contribution in [2.24, 2.45) is 29.6 Å². The van der Waals surface area contributed by atoms with Gasteiger partial charge in [0.2, 0.25) is 65.0 Å². The zero-order valence-corrected chi connectivity index (χ0v) is 65.1. The van der Waals surface area contributed by atoms with E-state index < -0.39 is 175 Å². The molecule has 1 unspecified atom stereocenters. The van der Waals surface area contributed by atoms with Crippen LogP contribution >= 0.6 is 11.6 Å². The summed E-state index contributed by atoms with van der Waals surface area (Å²) in [4.78, 5) is 176. The van der Waals surface area contributed by atoms with E-state index in [9.17, 15) is 44.1 Å². The van der Waals surface area contributed by atoms with Gasteiger partial charge in [-0.2, -0.15) is 0 Å². The molecule has 2 heterocycles. The molecule has 0 spiro atoms. The van der Waals surface area contributed by atoms with Gasteiger partial charge in [0.1, 0.15) is 54.6 Å². The van der Waals surface area contributed by atoms with Crippen molar-refractivity contribution < 1.29 is 72.8 Å². The number of likely N-dealkylation sites (N-methyl/N-ethyl adjacent to an activating group) is 7. The summed E-state index contributed by atoms with van der Waals surface area (Å²) in [7, 11) is 9.76. The number of piperidine rings is 1. The van der Waals surface area contributed by atoms with Gasteiger partial charge in [-0.1, -0.05) is 130 Å². The maximum atomic E-state index is 15.6. The number of ether oxygens (including phenoxy) is 1. The van der Waals surface area contributed by atoms with Gasteiger partial charge in [-0.3, -0.25) is 57.6 Å². The molecule has 7 N–H and O–H groups in total. The maximum Gasteiger partial charge on any atom is 0.248 e. The van der Waals surface area contributed by atoms with Gasteiger partial charge in [-0.05, 0) is 112 Å². The molecule has 2 aromatic rings. The fourth-order valence-corrected chi connectivity index (χ4v) is 13.6. The number of hydrogen-bond acceptors (Lipinski definition) is 16. The maximum absolute atomic E-state index is 15.6.